The van der Waals surface area contributed by atoms with Crippen LogP contribution in [0.25, 0.3) is 0 Å². The molecule has 84 valence electrons. The van der Waals surface area contributed by atoms with Gasteiger partial charge in [0, 0.05) is 0 Å². The van der Waals surface area contributed by atoms with Crippen LogP contribution in [-0.2, 0) is 6.42 Å². The summed E-state index contributed by atoms with van der Waals surface area (Å²) in [7, 11) is 0. The second-order valence-electron chi connectivity index (χ2n) is 3.88. The summed E-state index contributed by atoms with van der Waals surface area (Å²) in [5.41, 5.74) is 2.61. The second-order valence-corrected chi connectivity index (χ2v) is 3.88. The van der Waals surface area contributed by atoms with Crippen LogP contribution in [0.1, 0.15) is 25.3 Å². The molecule has 16 heavy (non-hydrogen) atoms. The lowest BCUT2D eigenvalue weighted by Gasteiger charge is -2.01. The molecule has 0 aliphatic heterocycles. The number of hydrogen-bond donors (Lipinski definition) is 0. The minimum atomic E-state index is 1.07. The molecular weight excluding hydrogens is 192 g/mol. The molecule has 0 bridgehead atoms. The molecule has 0 radical (unpaired) electrons. The van der Waals surface area contributed by atoms with E-state index in [1.807, 2.05) is 25.2 Å². The molecule has 0 N–H and O–H groups in total. The Balaban J connectivity index is 2.23. The van der Waals surface area contributed by atoms with Crippen LogP contribution in [0.2, 0.25) is 0 Å². The Bertz CT molecular complexity index is 355. The molecule has 0 unspecified atom stereocenters. The van der Waals surface area contributed by atoms with Crippen molar-refractivity contribution in [3.05, 3.63) is 72.4 Å². The Labute approximate surface area is 99.0 Å². The van der Waals surface area contributed by atoms with Gasteiger partial charge in [0.1, 0.15) is 0 Å². The van der Waals surface area contributed by atoms with E-state index in [1.54, 1.807) is 0 Å². The van der Waals surface area contributed by atoms with E-state index in [2.05, 4.69) is 43.0 Å². The summed E-state index contributed by atoms with van der Waals surface area (Å²) in [5.74, 6) is 0. The second kappa shape index (κ2) is 7.70. The standard InChI is InChI=1S/C16H20/c1-3-4-6-10-15(2)11-9-14-16-12-7-5-8-13-16/h3-8,10,12-13H,2,9,11,14H2,1H3/b4-3-,10-6-. The van der Waals surface area contributed by atoms with Gasteiger partial charge >= 0.3 is 0 Å². The van der Waals surface area contributed by atoms with Gasteiger partial charge in [-0.15, -0.1) is 0 Å². The molecule has 0 aliphatic rings. The summed E-state index contributed by atoms with van der Waals surface area (Å²) in [6.07, 6.45) is 11.6. The number of hydrogen-bond acceptors (Lipinski definition) is 0. The average molecular weight is 212 g/mol. The summed E-state index contributed by atoms with van der Waals surface area (Å²) in [5, 5.41) is 0. The van der Waals surface area contributed by atoms with Gasteiger partial charge < -0.3 is 0 Å². The fourth-order valence-electron chi connectivity index (χ4n) is 1.55. The Morgan fingerprint density at radius 3 is 2.62 bits per heavy atom. The van der Waals surface area contributed by atoms with E-state index in [0.29, 0.717) is 0 Å². The van der Waals surface area contributed by atoms with Gasteiger partial charge in [0.05, 0.1) is 0 Å². The summed E-state index contributed by atoms with van der Waals surface area (Å²) >= 11 is 0. The Hall–Kier alpha value is -1.56. The van der Waals surface area contributed by atoms with E-state index < -0.39 is 0 Å². The third-order valence-corrected chi connectivity index (χ3v) is 2.44. The van der Waals surface area contributed by atoms with Crippen molar-refractivity contribution in [2.75, 3.05) is 0 Å². The van der Waals surface area contributed by atoms with Crippen LogP contribution in [0.5, 0.6) is 0 Å². The van der Waals surface area contributed by atoms with E-state index in [1.165, 1.54) is 17.6 Å². The quantitative estimate of drug-likeness (QED) is 0.600. The molecule has 0 atom stereocenters. The van der Waals surface area contributed by atoms with E-state index in [0.717, 1.165) is 12.8 Å². The molecule has 0 amide bonds. The lowest BCUT2D eigenvalue weighted by molar-refractivity contribution is 0.825. The number of rotatable bonds is 6. The van der Waals surface area contributed by atoms with Crippen molar-refractivity contribution in [3.8, 4) is 0 Å². The van der Waals surface area contributed by atoms with Crippen LogP contribution in [0.4, 0.5) is 0 Å². The van der Waals surface area contributed by atoms with Gasteiger partial charge in [-0.2, -0.15) is 0 Å². The Morgan fingerprint density at radius 2 is 1.94 bits per heavy atom. The van der Waals surface area contributed by atoms with Crippen molar-refractivity contribution in [3.63, 3.8) is 0 Å². The topological polar surface area (TPSA) is 0 Å². The van der Waals surface area contributed by atoms with Crippen molar-refractivity contribution in [1.29, 1.82) is 0 Å². The molecule has 0 fully saturated rings. The summed E-state index contributed by atoms with van der Waals surface area (Å²) in [6.45, 7) is 6.05. The summed E-state index contributed by atoms with van der Waals surface area (Å²) in [6, 6.07) is 10.6. The maximum absolute atomic E-state index is 4.04. The average Bonchev–Trinajstić information content (AvgIpc) is 2.31. The van der Waals surface area contributed by atoms with E-state index >= 15 is 0 Å². The predicted molar refractivity (Wildman–Crippen MR) is 72.5 cm³/mol. The molecule has 0 nitrogen and oxygen atoms in total. The van der Waals surface area contributed by atoms with Gasteiger partial charge in [-0.05, 0) is 31.7 Å². The van der Waals surface area contributed by atoms with Gasteiger partial charge in [-0.25, -0.2) is 0 Å². The molecule has 0 heterocycles. The Morgan fingerprint density at radius 1 is 1.19 bits per heavy atom. The highest BCUT2D eigenvalue weighted by Gasteiger charge is 1.93. The zero-order valence-electron chi connectivity index (χ0n) is 10.0. The maximum atomic E-state index is 4.04. The zero-order valence-corrected chi connectivity index (χ0v) is 10.0. The predicted octanol–water partition coefficient (Wildman–Crippen LogP) is 4.70. The van der Waals surface area contributed by atoms with Gasteiger partial charge in [0.25, 0.3) is 0 Å². The fourth-order valence-corrected chi connectivity index (χ4v) is 1.55. The maximum Gasteiger partial charge on any atom is -0.0276 e. The highest BCUT2D eigenvalue weighted by molar-refractivity contribution is 5.19. The number of aryl methyl sites for hydroxylation is 1. The van der Waals surface area contributed by atoms with Gasteiger partial charge in [0.2, 0.25) is 0 Å². The monoisotopic (exact) mass is 212 g/mol. The van der Waals surface area contributed by atoms with Gasteiger partial charge in [-0.1, -0.05) is 66.8 Å². The Kier molecular flexibility index (Phi) is 6.02. The molecule has 0 aliphatic carbocycles. The molecular formula is C16H20. The third-order valence-electron chi connectivity index (χ3n) is 2.44. The molecule has 0 spiro atoms. The van der Waals surface area contributed by atoms with Crippen molar-refractivity contribution >= 4 is 0 Å². The highest BCUT2D eigenvalue weighted by Crippen LogP contribution is 2.09. The third kappa shape index (κ3) is 5.35. The number of benzene rings is 1. The van der Waals surface area contributed by atoms with Crippen LogP contribution in [0, 0.1) is 0 Å². The minimum Gasteiger partial charge on any atom is -0.0958 e. The molecule has 0 saturated carbocycles. The number of allylic oxidation sites excluding steroid dienone is 5. The van der Waals surface area contributed by atoms with E-state index in [9.17, 15) is 0 Å². The fraction of sp³-hybridized carbons (Fsp3) is 0.250. The van der Waals surface area contributed by atoms with Crippen LogP contribution >= 0.6 is 0 Å². The zero-order chi connectivity index (χ0) is 11.6. The van der Waals surface area contributed by atoms with Crippen LogP contribution in [0.3, 0.4) is 0 Å². The smallest absolute Gasteiger partial charge is 0.0276 e. The van der Waals surface area contributed by atoms with Crippen molar-refractivity contribution in [2.24, 2.45) is 0 Å². The first-order valence-corrected chi connectivity index (χ1v) is 5.84. The summed E-state index contributed by atoms with van der Waals surface area (Å²) in [4.78, 5) is 0. The largest absolute Gasteiger partial charge is 0.0958 e. The normalized spacial score (nSPS) is 11.3. The van der Waals surface area contributed by atoms with E-state index in [-0.39, 0.29) is 0 Å². The van der Waals surface area contributed by atoms with E-state index in [4.69, 9.17) is 0 Å². The van der Waals surface area contributed by atoms with Gasteiger partial charge in [0.15, 0.2) is 0 Å². The summed E-state index contributed by atoms with van der Waals surface area (Å²) < 4.78 is 0. The lowest BCUT2D eigenvalue weighted by atomic mass is 10.0. The molecule has 0 aromatic heterocycles. The molecule has 1 aromatic carbocycles. The molecule has 0 saturated heterocycles. The van der Waals surface area contributed by atoms with Crippen molar-refractivity contribution in [2.45, 2.75) is 26.2 Å². The minimum absolute atomic E-state index is 1.07. The van der Waals surface area contributed by atoms with Gasteiger partial charge in [-0.3, -0.25) is 0 Å². The SMILES string of the molecule is C=C(/C=C\C=C/C)CCCc1ccccc1. The lowest BCUT2D eigenvalue weighted by Crippen LogP contribution is -1.85. The van der Waals surface area contributed by atoms with Crippen LogP contribution < -0.4 is 0 Å². The first-order valence-electron chi connectivity index (χ1n) is 5.84. The van der Waals surface area contributed by atoms with Crippen LogP contribution in [0.15, 0.2) is 66.8 Å². The first-order chi connectivity index (χ1) is 7.83. The van der Waals surface area contributed by atoms with Crippen LogP contribution in [-0.4, -0.2) is 0 Å². The molecule has 1 rings (SSSR count). The van der Waals surface area contributed by atoms with Crippen molar-refractivity contribution < 1.29 is 0 Å². The highest BCUT2D eigenvalue weighted by atomic mass is 14.0. The molecule has 0 heteroatoms. The van der Waals surface area contributed by atoms with Crippen molar-refractivity contribution in [1.82, 2.24) is 0 Å². The first kappa shape index (κ1) is 12.5. The molecule has 1 aromatic rings.